The molecule has 1 fully saturated rings. The van der Waals surface area contributed by atoms with E-state index < -0.39 is 0 Å². The molecule has 1 aromatic rings. The van der Waals surface area contributed by atoms with E-state index in [4.69, 9.17) is 4.74 Å². The summed E-state index contributed by atoms with van der Waals surface area (Å²) in [6.07, 6.45) is 0. The van der Waals surface area contributed by atoms with Crippen LogP contribution in [0, 0.1) is 11.3 Å². The molecule has 0 bridgehead atoms. The van der Waals surface area contributed by atoms with Crippen molar-refractivity contribution in [2.75, 3.05) is 33.4 Å². The quantitative estimate of drug-likeness (QED) is 0.855. The standard InChI is InChI=1S/C16H25NO2/c1-13(2)15(14-7-5-4-6-8-14)17(3)9-16(10-18)11-19-12-16/h4-8,13,15,18H,9-12H2,1-3H3. The number of ether oxygens (including phenoxy) is 1. The fourth-order valence-corrected chi connectivity index (χ4v) is 3.05. The average Bonchev–Trinajstić information content (AvgIpc) is 2.35. The number of nitrogens with zero attached hydrogens (tertiary/aromatic N) is 1. The third-order valence-corrected chi connectivity index (χ3v) is 3.98. The van der Waals surface area contributed by atoms with Gasteiger partial charge < -0.3 is 9.84 Å². The minimum Gasteiger partial charge on any atom is -0.396 e. The van der Waals surface area contributed by atoms with Crippen molar-refractivity contribution in [1.29, 1.82) is 0 Å². The lowest BCUT2D eigenvalue weighted by molar-refractivity contribution is -0.150. The minimum atomic E-state index is -0.0589. The number of hydrogen-bond acceptors (Lipinski definition) is 3. The maximum atomic E-state index is 9.57. The van der Waals surface area contributed by atoms with Gasteiger partial charge in [0.1, 0.15) is 0 Å². The smallest absolute Gasteiger partial charge is 0.0579 e. The van der Waals surface area contributed by atoms with Crippen molar-refractivity contribution in [2.24, 2.45) is 11.3 Å². The number of hydrogen-bond donors (Lipinski definition) is 1. The summed E-state index contributed by atoms with van der Waals surface area (Å²) < 4.78 is 5.29. The van der Waals surface area contributed by atoms with E-state index >= 15 is 0 Å². The molecule has 1 unspecified atom stereocenters. The van der Waals surface area contributed by atoms with Crippen LogP contribution < -0.4 is 0 Å². The van der Waals surface area contributed by atoms with Gasteiger partial charge in [-0.2, -0.15) is 0 Å². The molecule has 1 aliphatic heterocycles. The second kappa shape index (κ2) is 6.04. The van der Waals surface area contributed by atoms with E-state index in [1.165, 1.54) is 5.56 Å². The van der Waals surface area contributed by atoms with Gasteiger partial charge >= 0.3 is 0 Å². The Bertz CT molecular complexity index is 381. The van der Waals surface area contributed by atoms with E-state index in [1.807, 2.05) is 0 Å². The Balaban J connectivity index is 2.11. The monoisotopic (exact) mass is 263 g/mol. The van der Waals surface area contributed by atoms with E-state index in [9.17, 15) is 5.11 Å². The van der Waals surface area contributed by atoms with Crippen molar-refractivity contribution in [2.45, 2.75) is 19.9 Å². The highest BCUT2D eigenvalue weighted by molar-refractivity contribution is 5.19. The molecule has 0 amide bonds. The Hall–Kier alpha value is -0.900. The van der Waals surface area contributed by atoms with E-state index in [0.29, 0.717) is 25.2 Å². The van der Waals surface area contributed by atoms with Crippen LogP contribution in [-0.2, 0) is 4.74 Å². The zero-order chi connectivity index (χ0) is 13.9. The lowest BCUT2D eigenvalue weighted by atomic mass is 9.84. The Kier molecular flexibility index (Phi) is 4.61. The lowest BCUT2D eigenvalue weighted by Gasteiger charge is -2.45. The van der Waals surface area contributed by atoms with Gasteiger partial charge in [0.2, 0.25) is 0 Å². The average molecular weight is 263 g/mol. The molecular weight excluding hydrogens is 238 g/mol. The molecule has 2 rings (SSSR count). The first-order valence-corrected chi connectivity index (χ1v) is 7.02. The van der Waals surface area contributed by atoms with Gasteiger partial charge in [-0.3, -0.25) is 4.90 Å². The van der Waals surface area contributed by atoms with Gasteiger partial charge in [0.25, 0.3) is 0 Å². The van der Waals surface area contributed by atoms with E-state index in [-0.39, 0.29) is 12.0 Å². The van der Waals surface area contributed by atoms with Crippen LogP contribution in [0.2, 0.25) is 0 Å². The predicted octanol–water partition coefficient (Wildman–Crippen LogP) is 2.32. The molecule has 1 saturated heterocycles. The molecule has 0 aliphatic carbocycles. The van der Waals surface area contributed by atoms with Crippen molar-refractivity contribution >= 4 is 0 Å². The van der Waals surface area contributed by atoms with Gasteiger partial charge in [-0.05, 0) is 18.5 Å². The fourth-order valence-electron chi connectivity index (χ4n) is 3.05. The molecule has 1 aromatic carbocycles. The molecule has 0 saturated carbocycles. The van der Waals surface area contributed by atoms with Gasteiger partial charge in [0.05, 0.1) is 25.2 Å². The van der Waals surface area contributed by atoms with Gasteiger partial charge in [-0.15, -0.1) is 0 Å². The largest absolute Gasteiger partial charge is 0.396 e. The summed E-state index contributed by atoms with van der Waals surface area (Å²) in [4.78, 5) is 2.36. The van der Waals surface area contributed by atoms with Crippen molar-refractivity contribution < 1.29 is 9.84 Å². The Labute approximate surface area is 116 Å². The Morgan fingerprint density at radius 2 is 1.89 bits per heavy atom. The van der Waals surface area contributed by atoms with Crippen LogP contribution >= 0.6 is 0 Å². The second-order valence-corrected chi connectivity index (χ2v) is 6.17. The van der Waals surface area contributed by atoms with Gasteiger partial charge in [0.15, 0.2) is 0 Å². The first-order chi connectivity index (χ1) is 9.08. The molecule has 0 radical (unpaired) electrons. The topological polar surface area (TPSA) is 32.7 Å². The lowest BCUT2D eigenvalue weighted by Crippen LogP contribution is -2.53. The molecule has 3 heteroatoms. The molecule has 1 aliphatic rings. The van der Waals surface area contributed by atoms with Crippen LogP contribution in [0.4, 0.5) is 0 Å². The highest BCUT2D eigenvalue weighted by Crippen LogP contribution is 2.33. The predicted molar refractivity (Wildman–Crippen MR) is 77.0 cm³/mol. The summed E-state index contributed by atoms with van der Waals surface area (Å²) in [5.74, 6) is 0.532. The maximum absolute atomic E-state index is 9.57. The number of aliphatic hydroxyl groups excluding tert-OH is 1. The van der Waals surface area contributed by atoms with Crippen molar-refractivity contribution in [1.82, 2.24) is 4.90 Å². The highest BCUT2D eigenvalue weighted by atomic mass is 16.5. The molecule has 19 heavy (non-hydrogen) atoms. The van der Waals surface area contributed by atoms with Crippen LogP contribution in [-0.4, -0.2) is 43.4 Å². The number of aliphatic hydroxyl groups is 1. The maximum Gasteiger partial charge on any atom is 0.0579 e. The summed E-state index contributed by atoms with van der Waals surface area (Å²) >= 11 is 0. The molecule has 3 nitrogen and oxygen atoms in total. The van der Waals surface area contributed by atoms with Crippen molar-refractivity contribution in [3.63, 3.8) is 0 Å². The summed E-state index contributed by atoms with van der Waals surface area (Å²) in [6.45, 7) is 6.92. The minimum absolute atomic E-state index is 0.0589. The summed E-state index contributed by atoms with van der Waals surface area (Å²) in [5.41, 5.74) is 1.28. The third kappa shape index (κ3) is 3.16. The molecule has 1 heterocycles. The molecule has 0 aromatic heterocycles. The zero-order valence-electron chi connectivity index (χ0n) is 12.2. The first kappa shape index (κ1) is 14.5. The number of rotatable bonds is 6. The van der Waals surface area contributed by atoms with E-state index in [2.05, 4.69) is 56.1 Å². The zero-order valence-corrected chi connectivity index (χ0v) is 12.2. The molecule has 106 valence electrons. The van der Waals surface area contributed by atoms with Crippen LogP contribution in [0.15, 0.2) is 30.3 Å². The van der Waals surface area contributed by atoms with Crippen LogP contribution in [0.1, 0.15) is 25.5 Å². The first-order valence-electron chi connectivity index (χ1n) is 7.02. The molecular formula is C16H25NO2. The van der Waals surface area contributed by atoms with Crippen molar-refractivity contribution in [3.8, 4) is 0 Å². The Morgan fingerprint density at radius 3 is 2.32 bits per heavy atom. The third-order valence-electron chi connectivity index (χ3n) is 3.98. The molecule has 1 atom stereocenters. The van der Waals surface area contributed by atoms with Crippen LogP contribution in [0.25, 0.3) is 0 Å². The summed E-state index contributed by atoms with van der Waals surface area (Å²) in [5, 5.41) is 9.57. The SMILES string of the molecule is CC(C)C(c1ccccc1)N(C)CC1(CO)COC1. The van der Waals surface area contributed by atoms with Crippen LogP contribution in [0.3, 0.4) is 0 Å². The van der Waals surface area contributed by atoms with E-state index in [1.54, 1.807) is 0 Å². The van der Waals surface area contributed by atoms with Crippen LogP contribution in [0.5, 0.6) is 0 Å². The summed E-state index contributed by atoms with van der Waals surface area (Å²) in [7, 11) is 2.15. The summed E-state index contributed by atoms with van der Waals surface area (Å²) in [6, 6.07) is 11.0. The van der Waals surface area contributed by atoms with Gasteiger partial charge in [0, 0.05) is 12.6 Å². The fraction of sp³-hybridized carbons (Fsp3) is 0.625. The normalized spacial score (nSPS) is 19.5. The number of benzene rings is 1. The van der Waals surface area contributed by atoms with Crippen molar-refractivity contribution in [3.05, 3.63) is 35.9 Å². The van der Waals surface area contributed by atoms with Gasteiger partial charge in [-0.25, -0.2) is 0 Å². The Morgan fingerprint density at radius 1 is 1.26 bits per heavy atom. The van der Waals surface area contributed by atoms with E-state index in [0.717, 1.165) is 6.54 Å². The highest BCUT2D eigenvalue weighted by Gasteiger charge is 2.40. The molecule has 0 spiro atoms. The van der Waals surface area contributed by atoms with Gasteiger partial charge in [-0.1, -0.05) is 44.2 Å². The second-order valence-electron chi connectivity index (χ2n) is 6.17. The molecule has 1 N–H and O–H groups in total.